The van der Waals surface area contributed by atoms with E-state index in [2.05, 4.69) is 141 Å². The van der Waals surface area contributed by atoms with Crippen LogP contribution in [0.15, 0.2) is 121 Å². The fraction of sp³-hybridized carbons (Fsp3) is 0.286. The Balaban J connectivity index is 1.09. The molecule has 0 atom stereocenters. The van der Waals surface area contributed by atoms with E-state index in [0.29, 0.717) is 0 Å². The lowest BCUT2D eigenvalue weighted by Gasteiger charge is -2.44. The van der Waals surface area contributed by atoms with E-state index < -0.39 is 0 Å². The van der Waals surface area contributed by atoms with Crippen LogP contribution < -0.4 is 0 Å². The minimum absolute atomic E-state index is 0.186. The first-order valence-electron chi connectivity index (χ1n) is 14.5. The second kappa shape index (κ2) is 12.5. The number of hydrogen-bond acceptors (Lipinski definition) is 3. The molecule has 4 aromatic carbocycles. The van der Waals surface area contributed by atoms with E-state index in [1.807, 2.05) is 0 Å². The Morgan fingerprint density at radius 1 is 0.400 bits per heavy atom. The molecule has 0 radical (unpaired) electrons. The molecule has 2 saturated heterocycles. The van der Waals surface area contributed by atoms with E-state index >= 15 is 0 Å². The van der Waals surface area contributed by atoms with Gasteiger partial charge in [0.15, 0.2) is 0 Å². The first-order valence-corrected chi connectivity index (χ1v) is 14.5. The molecule has 0 bridgehead atoms. The molecule has 204 valence electrons. The van der Waals surface area contributed by atoms with Gasteiger partial charge in [-0.3, -0.25) is 9.80 Å². The topological polar surface area (TPSA) is 30.0 Å². The van der Waals surface area contributed by atoms with Crippen LogP contribution in [-0.2, 0) is 0 Å². The van der Waals surface area contributed by atoms with Gasteiger partial charge in [-0.1, -0.05) is 121 Å². The van der Waals surface area contributed by atoms with Gasteiger partial charge in [0.05, 0.1) is 12.1 Å². The molecule has 2 aliphatic rings. The predicted molar refractivity (Wildman–Crippen MR) is 161 cm³/mol. The van der Waals surface area contributed by atoms with Gasteiger partial charge in [0.25, 0.3) is 0 Å². The van der Waals surface area contributed by atoms with Gasteiger partial charge in [-0.05, 0) is 22.3 Å². The van der Waals surface area contributed by atoms with Gasteiger partial charge in [-0.2, -0.15) is 0 Å². The van der Waals surface area contributed by atoms with E-state index in [1.54, 1.807) is 0 Å². The molecule has 0 saturated carbocycles. The maximum absolute atomic E-state index is 13.6. The van der Waals surface area contributed by atoms with Crippen LogP contribution in [0.25, 0.3) is 0 Å². The smallest absolute Gasteiger partial charge is 0.320 e. The Hall–Kier alpha value is -3.93. The Morgan fingerprint density at radius 2 is 0.650 bits per heavy atom. The molecule has 4 aromatic rings. The molecule has 0 aromatic heterocycles. The molecule has 5 heteroatoms. The number of benzene rings is 4. The van der Waals surface area contributed by atoms with Crippen molar-refractivity contribution in [3.05, 3.63) is 144 Å². The summed E-state index contributed by atoms with van der Waals surface area (Å²) < 4.78 is 0. The molecular formula is C35H38N4O. The third-order valence-electron chi connectivity index (χ3n) is 8.36. The van der Waals surface area contributed by atoms with Crippen molar-refractivity contribution in [3.8, 4) is 0 Å². The van der Waals surface area contributed by atoms with Gasteiger partial charge in [-0.25, -0.2) is 4.79 Å². The lowest BCUT2D eigenvalue weighted by molar-refractivity contribution is 0.0761. The van der Waals surface area contributed by atoms with Crippen LogP contribution in [0, 0.1) is 0 Å². The van der Waals surface area contributed by atoms with E-state index in [1.165, 1.54) is 22.3 Å². The van der Waals surface area contributed by atoms with Crippen LogP contribution in [0.4, 0.5) is 4.79 Å². The number of urea groups is 1. The van der Waals surface area contributed by atoms with Crippen molar-refractivity contribution < 1.29 is 4.79 Å². The summed E-state index contributed by atoms with van der Waals surface area (Å²) in [5.74, 6) is 0. The van der Waals surface area contributed by atoms with Crippen molar-refractivity contribution in [2.45, 2.75) is 12.1 Å². The second-order valence-electron chi connectivity index (χ2n) is 10.8. The largest absolute Gasteiger partial charge is 0.322 e. The predicted octanol–water partition coefficient (Wildman–Crippen LogP) is 5.92. The summed E-state index contributed by atoms with van der Waals surface area (Å²) in [6.07, 6.45) is 0. The van der Waals surface area contributed by atoms with Crippen molar-refractivity contribution in [2.75, 3.05) is 52.4 Å². The van der Waals surface area contributed by atoms with Crippen LogP contribution >= 0.6 is 0 Å². The summed E-state index contributed by atoms with van der Waals surface area (Å²) in [5.41, 5.74) is 5.21. The first-order chi connectivity index (χ1) is 19.8. The minimum Gasteiger partial charge on any atom is -0.322 e. The molecule has 0 unspecified atom stereocenters. The highest BCUT2D eigenvalue weighted by molar-refractivity contribution is 5.74. The number of rotatable bonds is 6. The lowest BCUT2D eigenvalue weighted by Crippen LogP contribution is -2.57. The van der Waals surface area contributed by atoms with Gasteiger partial charge in [0, 0.05) is 52.4 Å². The quantitative estimate of drug-likeness (QED) is 0.310. The number of piperazine rings is 2. The zero-order chi connectivity index (χ0) is 27.1. The van der Waals surface area contributed by atoms with Crippen LogP contribution in [-0.4, -0.2) is 78.0 Å². The van der Waals surface area contributed by atoms with E-state index in [9.17, 15) is 4.79 Å². The summed E-state index contributed by atoms with van der Waals surface area (Å²) in [6, 6.07) is 43.5. The first kappa shape index (κ1) is 26.3. The van der Waals surface area contributed by atoms with Crippen LogP contribution in [0.3, 0.4) is 0 Å². The van der Waals surface area contributed by atoms with Crippen molar-refractivity contribution in [3.63, 3.8) is 0 Å². The number of carbonyl (C=O) groups is 1. The standard InChI is InChI=1S/C35H38N4O/c40-35(38-25-21-36(22-26-38)33(29-13-5-1-6-14-29)30-15-7-2-8-16-30)39-27-23-37(24-28-39)34(31-17-9-3-10-18-31)32-19-11-4-12-20-32/h1-20,33-34H,21-28H2. The van der Waals surface area contributed by atoms with Crippen LogP contribution in [0.2, 0.25) is 0 Å². The molecule has 40 heavy (non-hydrogen) atoms. The SMILES string of the molecule is O=C(N1CCN(C(c2ccccc2)c2ccccc2)CC1)N1CCN(C(c2ccccc2)c2ccccc2)CC1. The van der Waals surface area contributed by atoms with Crippen molar-refractivity contribution in [1.29, 1.82) is 0 Å². The molecule has 6 rings (SSSR count). The number of amides is 2. The molecule has 2 heterocycles. The van der Waals surface area contributed by atoms with E-state index in [4.69, 9.17) is 0 Å². The summed E-state index contributed by atoms with van der Waals surface area (Å²) in [6.45, 7) is 6.48. The summed E-state index contributed by atoms with van der Waals surface area (Å²) in [4.78, 5) is 22.8. The molecule has 2 amide bonds. The van der Waals surface area contributed by atoms with Crippen molar-refractivity contribution >= 4 is 6.03 Å². The van der Waals surface area contributed by atoms with Gasteiger partial charge < -0.3 is 9.80 Å². The van der Waals surface area contributed by atoms with E-state index in [0.717, 1.165) is 52.4 Å². The zero-order valence-corrected chi connectivity index (χ0v) is 23.1. The number of hydrogen-bond donors (Lipinski definition) is 0. The second-order valence-corrected chi connectivity index (χ2v) is 10.8. The van der Waals surface area contributed by atoms with Crippen molar-refractivity contribution in [2.24, 2.45) is 0 Å². The molecule has 0 aliphatic carbocycles. The van der Waals surface area contributed by atoms with Crippen LogP contribution in [0.5, 0.6) is 0 Å². The Labute approximate surface area is 238 Å². The molecule has 2 aliphatic heterocycles. The maximum Gasteiger partial charge on any atom is 0.320 e. The molecule has 5 nitrogen and oxygen atoms in total. The lowest BCUT2D eigenvalue weighted by atomic mass is 9.96. The zero-order valence-electron chi connectivity index (χ0n) is 23.1. The van der Waals surface area contributed by atoms with E-state index in [-0.39, 0.29) is 18.1 Å². The average Bonchev–Trinajstić information content (AvgIpc) is 3.04. The monoisotopic (exact) mass is 530 g/mol. The Kier molecular flexibility index (Phi) is 8.22. The third kappa shape index (κ3) is 5.81. The summed E-state index contributed by atoms with van der Waals surface area (Å²) >= 11 is 0. The highest BCUT2D eigenvalue weighted by Crippen LogP contribution is 2.31. The number of nitrogens with zero attached hydrogens (tertiary/aromatic N) is 4. The van der Waals surface area contributed by atoms with Gasteiger partial charge >= 0.3 is 6.03 Å². The highest BCUT2D eigenvalue weighted by atomic mass is 16.2. The molecular weight excluding hydrogens is 492 g/mol. The highest BCUT2D eigenvalue weighted by Gasteiger charge is 2.33. The summed E-state index contributed by atoms with van der Waals surface area (Å²) in [7, 11) is 0. The van der Waals surface area contributed by atoms with Gasteiger partial charge in [-0.15, -0.1) is 0 Å². The normalized spacial score (nSPS) is 16.9. The molecule has 2 fully saturated rings. The van der Waals surface area contributed by atoms with Crippen molar-refractivity contribution in [1.82, 2.24) is 19.6 Å². The number of carbonyl (C=O) groups excluding carboxylic acids is 1. The van der Waals surface area contributed by atoms with Crippen LogP contribution in [0.1, 0.15) is 34.3 Å². The molecule has 0 N–H and O–H groups in total. The minimum atomic E-state index is 0.186. The third-order valence-corrected chi connectivity index (χ3v) is 8.36. The fourth-order valence-corrected chi connectivity index (χ4v) is 6.31. The fourth-order valence-electron chi connectivity index (χ4n) is 6.31. The Bertz CT molecular complexity index is 1150. The molecule has 0 spiro atoms. The Morgan fingerprint density at radius 3 is 0.900 bits per heavy atom. The average molecular weight is 531 g/mol. The van der Waals surface area contributed by atoms with Gasteiger partial charge in [0.2, 0.25) is 0 Å². The summed E-state index contributed by atoms with van der Waals surface area (Å²) in [5, 5.41) is 0. The van der Waals surface area contributed by atoms with Gasteiger partial charge in [0.1, 0.15) is 0 Å². The maximum atomic E-state index is 13.6.